The summed E-state index contributed by atoms with van der Waals surface area (Å²) in [7, 11) is 0. The van der Waals surface area contributed by atoms with Gasteiger partial charge in [0.05, 0.1) is 17.2 Å². The number of aromatic nitrogens is 1. The highest BCUT2D eigenvalue weighted by Crippen LogP contribution is 2.26. The molecule has 0 atom stereocenters. The minimum absolute atomic E-state index is 0.0427. The number of rotatable bonds is 5. The molecule has 3 rings (SSSR count). The summed E-state index contributed by atoms with van der Waals surface area (Å²) in [5, 5.41) is 16.2. The van der Waals surface area contributed by atoms with Crippen LogP contribution < -0.4 is 5.32 Å². The van der Waals surface area contributed by atoms with E-state index in [4.69, 9.17) is 0 Å². The van der Waals surface area contributed by atoms with Crippen LogP contribution in [-0.4, -0.2) is 15.8 Å². The summed E-state index contributed by atoms with van der Waals surface area (Å²) in [4.78, 5) is 26.8. The number of carbonyl (C=O) groups is 1. The molecule has 2 aromatic carbocycles. The lowest BCUT2D eigenvalue weighted by atomic mass is 10.1. The number of hydrogen-bond donors (Lipinski definition) is 1. The molecule has 7 heteroatoms. The quantitative estimate of drug-likeness (QED) is 0.556. The number of nitrogens with one attached hydrogen (secondary N) is 1. The smallest absolute Gasteiger partial charge is 0.269 e. The highest BCUT2D eigenvalue weighted by Gasteiger charge is 2.11. The van der Waals surface area contributed by atoms with Crippen LogP contribution in [0.15, 0.2) is 53.9 Å². The first-order valence-corrected chi connectivity index (χ1v) is 8.45. The number of thiazole rings is 1. The Morgan fingerprint density at radius 2 is 1.92 bits per heavy atom. The second-order valence-electron chi connectivity index (χ2n) is 5.45. The second kappa shape index (κ2) is 7.23. The molecule has 126 valence electrons. The van der Waals surface area contributed by atoms with E-state index < -0.39 is 4.92 Å². The number of hydrogen-bond acceptors (Lipinski definition) is 5. The predicted molar refractivity (Wildman–Crippen MR) is 96.6 cm³/mol. The van der Waals surface area contributed by atoms with Crippen molar-refractivity contribution in [2.24, 2.45) is 0 Å². The minimum atomic E-state index is -0.496. The van der Waals surface area contributed by atoms with Crippen LogP contribution in [0.25, 0.3) is 10.6 Å². The fourth-order valence-electron chi connectivity index (χ4n) is 2.33. The maximum atomic E-state index is 12.1. The van der Waals surface area contributed by atoms with E-state index in [1.807, 2.05) is 36.6 Å². The molecule has 1 heterocycles. The summed E-state index contributed by atoms with van der Waals surface area (Å²) in [5.41, 5.74) is 3.34. The lowest BCUT2D eigenvalue weighted by Crippen LogP contribution is -2.22. The first kappa shape index (κ1) is 16.8. The minimum Gasteiger partial charge on any atom is -0.346 e. The van der Waals surface area contributed by atoms with Gasteiger partial charge in [0.15, 0.2) is 0 Å². The highest BCUT2D eigenvalue weighted by atomic mass is 32.1. The van der Waals surface area contributed by atoms with Crippen molar-refractivity contribution >= 4 is 22.9 Å². The average molecular weight is 353 g/mol. The van der Waals surface area contributed by atoms with E-state index in [0.29, 0.717) is 12.1 Å². The third-order valence-corrected chi connectivity index (χ3v) is 4.62. The van der Waals surface area contributed by atoms with Crippen LogP contribution in [-0.2, 0) is 6.54 Å². The van der Waals surface area contributed by atoms with E-state index in [0.717, 1.165) is 21.8 Å². The van der Waals surface area contributed by atoms with Gasteiger partial charge in [0.2, 0.25) is 0 Å². The van der Waals surface area contributed by atoms with Crippen molar-refractivity contribution in [2.45, 2.75) is 13.5 Å². The van der Waals surface area contributed by atoms with Crippen LogP contribution in [0.2, 0.25) is 0 Å². The molecule has 0 saturated heterocycles. The Kier molecular flexibility index (Phi) is 4.85. The van der Waals surface area contributed by atoms with Gasteiger partial charge in [0.1, 0.15) is 5.01 Å². The zero-order valence-corrected chi connectivity index (χ0v) is 14.2. The molecule has 0 aliphatic rings. The van der Waals surface area contributed by atoms with Crippen LogP contribution in [0, 0.1) is 17.0 Å². The summed E-state index contributed by atoms with van der Waals surface area (Å²) in [6.45, 7) is 2.34. The normalized spacial score (nSPS) is 10.4. The third-order valence-electron chi connectivity index (χ3n) is 3.70. The molecule has 0 aliphatic heterocycles. The van der Waals surface area contributed by atoms with Gasteiger partial charge in [-0.2, -0.15) is 0 Å². The van der Waals surface area contributed by atoms with E-state index >= 15 is 0 Å². The monoisotopic (exact) mass is 353 g/mol. The van der Waals surface area contributed by atoms with E-state index in [9.17, 15) is 14.9 Å². The van der Waals surface area contributed by atoms with Gasteiger partial charge in [-0.05, 0) is 24.6 Å². The van der Waals surface area contributed by atoms with Gasteiger partial charge in [-0.3, -0.25) is 14.9 Å². The van der Waals surface area contributed by atoms with Crippen LogP contribution in [0.4, 0.5) is 5.69 Å². The van der Waals surface area contributed by atoms with Crippen molar-refractivity contribution in [3.63, 3.8) is 0 Å². The van der Waals surface area contributed by atoms with Gasteiger partial charge in [-0.25, -0.2) is 4.98 Å². The van der Waals surface area contributed by atoms with Gasteiger partial charge in [0.25, 0.3) is 11.6 Å². The van der Waals surface area contributed by atoms with E-state index in [2.05, 4.69) is 10.3 Å². The lowest BCUT2D eigenvalue weighted by molar-refractivity contribution is -0.384. The van der Waals surface area contributed by atoms with Gasteiger partial charge in [-0.1, -0.05) is 24.3 Å². The number of nitro groups is 1. The third kappa shape index (κ3) is 3.89. The van der Waals surface area contributed by atoms with Gasteiger partial charge < -0.3 is 5.32 Å². The predicted octanol–water partition coefficient (Wildman–Crippen LogP) is 3.96. The zero-order chi connectivity index (χ0) is 17.8. The second-order valence-corrected chi connectivity index (χ2v) is 6.30. The van der Waals surface area contributed by atoms with E-state index in [1.165, 1.54) is 35.6 Å². The Labute approximate surface area is 148 Å². The highest BCUT2D eigenvalue weighted by molar-refractivity contribution is 7.13. The number of amides is 1. The summed E-state index contributed by atoms with van der Waals surface area (Å²) in [5.74, 6) is -0.291. The van der Waals surface area contributed by atoms with E-state index in [1.54, 1.807) is 0 Å². The topological polar surface area (TPSA) is 85.1 Å². The van der Waals surface area contributed by atoms with Crippen LogP contribution in [0.3, 0.4) is 0 Å². The molecule has 1 aromatic heterocycles. The number of nitrogens with zero attached hydrogens (tertiary/aromatic N) is 2. The lowest BCUT2D eigenvalue weighted by Gasteiger charge is -2.03. The van der Waals surface area contributed by atoms with Gasteiger partial charge in [0, 0.05) is 28.6 Å². The Morgan fingerprint density at radius 1 is 1.20 bits per heavy atom. The summed E-state index contributed by atoms with van der Waals surface area (Å²) < 4.78 is 0. The van der Waals surface area contributed by atoms with Gasteiger partial charge in [-0.15, -0.1) is 11.3 Å². The summed E-state index contributed by atoms with van der Waals surface area (Å²) in [6, 6.07) is 13.5. The van der Waals surface area contributed by atoms with Crippen molar-refractivity contribution in [3.05, 3.63) is 80.8 Å². The SMILES string of the molecule is Cc1ccccc1-c1nc(CNC(=O)c2ccc([N+](=O)[O-])cc2)cs1. The summed E-state index contributed by atoms with van der Waals surface area (Å²) >= 11 is 1.53. The molecular weight excluding hydrogens is 338 g/mol. The van der Waals surface area contributed by atoms with Crippen LogP contribution >= 0.6 is 11.3 Å². The molecule has 0 radical (unpaired) electrons. The standard InChI is InChI=1S/C18H15N3O3S/c1-12-4-2-3-5-16(12)18-20-14(11-25-18)10-19-17(22)13-6-8-15(9-7-13)21(23)24/h2-9,11H,10H2,1H3,(H,19,22). The average Bonchev–Trinajstić information content (AvgIpc) is 3.09. The van der Waals surface area contributed by atoms with Crippen molar-refractivity contribution in [2.75, 3.05) is 0 Å². The number of benzene rings is 2. The maximum absolute atomic E-state index is 12.1. The van der Waals surface area contributed by atoms with Crippen molar-refractivity contribution in [1.29, 1.82) is 0 Å². The Bertz CT molecular complexity index is 919. The number of aryl methyl sites for hydroxylation is 1. The maximum Gasteiger partial charge on any atom is 0.269 e. The molecule has 0 unspecified atom stereocenters. The molecule has 0 bridgehead atoms. The first-order valence-electron chi connectivity index (χ1n) is 7.57. The number of nitro benzene ring substituents is 1. The fraction of sp³-hybridized carbons (Fsp3) is 0.111. The molecule has 0 spiro atoms. The fourth-order valence-corrected chi connectivity index (χ4v) is 3.24. The molecule has 0 saturated carbocycles. The van der Waals surface area contributed by atoms with Gasteiger partial charge >= 0.3 is 0 Å². The molecule has 3 aromatic rings. The molecular formula is C18H15N3O3S. The molecule has 1 N–H and O–H groups in total. The van der Waals surface area contributed by atoms with E-state index in [-0.39, 0.29) is 11.6 Å². The van der Waals surface area contributed by atoms with Crippen molar-refractivity contribution < 1.29 is 9.72 Å². The van der Waals surface area contributed by atoms with Crippen LogP contribution in [0.5, 0.6) is 0 Å². The Hall–Kier alpha value is -3.06. The Morgan fingerprint density at radius 3 is 2.60 bits per heavy atom. The number of non-ortho nitro benzene ring substituents is 1. The molecule has 1 amide bonds. The zero-order valence-electron chi connectivity index (χ0n) is 13.4. The van der Waals surface area contributed by atoms with Crippen molar-refractivity contribution in [1.82, 2.24) is 10.3 Å². The van der Waals surface area contributed by atoms with Crippen molar-refractivity contribution in [3.8, 4) is 10.6 Å². The molecule has 0 aliphatic carbocycles. The first-order chi connectivity index (χ1) is 12.0. The largest absolute Gasteiger partial charge is 0.346 e. The number of carbonyl (C=O) groups excluding carboxylic acids is 1. The van der Waals surface area contributed by atoms with Crippen LogP contribution in [0.1, 0.15) is 21.6 Å². The molecule has 6 nitrogen and oxygen atoms in total. The molecule has 25 heavy (non-hydrogen) atoms. The summed E-state index contributed by atoms with van der Waals surface area (Å²) in [6.07, 6.45) is 0. The Balaban J connectivity index is 1.65. The molecule has 0 fully saturated rings.